The lowest BCUT2D eigenvalue weighted by Gasteiger charge is -2.45. The molecule has 2 bridgehead atoms. The van der Waals surface area contributed by atoms with E-state index >= 15 is 0 Å². The van der Waals surface area contributed by atoms with Crippen molar-refractivity contribution in [2.45, 2.75) is 18.8 Å². The Kier molecular flexibility index (Phi) is 3.66. The SMILES string of the molecule is NC(=O)c1ccc(-c2ccccc2)c(C2CN3CCC2CC3)c1. The van der Waals surface area contributed by atoms with Crippen molar-refractivity contribution in [3.05, 3.63) is 59.7 Å². The fraction of sp³-hybridized carbons (Fsp3) is 0.350. The molecule has 1 atom stereocenters. The molecule has 3 saturated heterocycles. The maximum Gasteiger partial charge on any atom is 0.248 e. The average Bonchev–Trinajstić information content (AvgIpc) is 2.63. The van der Waals surface area contributed by atoms with E-state index < -0.39 is 0 Å². The molecule has 2 aromatic carbocycles. The van der Waals surface area contributed by atoms with Crippen LogP contribution in [-0.2, 0) is 0 Å². The molecule has 0 aromatic heterocycles. The van der Waals surface area contributed by atoms with Gasteiger partial charge in [0.15, 0.2) is 0 Å². The second-order valence-corrected chi connectivity index (χ2v) is 6.78. The molecule has 3 nitrogen and oxygen atoms in total. The Morgan fingerprint density at radius 1 is 1.04 bits per heavy atom. The molecule has 3 aliphatic rings. The van der Waals surface area contributed by atoms with Crippen LogP contribution in [0.15, 0.2) is 48.5 Å². The topological polar surface area (TPSA) is 46.3 Å². The van der Waals surface area contributed by atoms with Crippen molar-refractivity contribution in [2.75, 3.05) is 19.6 Å². The second kappa shape index (κ2) is 5.82. The van der Waals surface area contributed by atoms with Gasteiger partial charge in [0.05, 0.1) is 0 Å². The van der Waals surface area contributed by atoms with Crippen molar-refractivity contribution in [3.63, 3.8) is 0 Å². The number of amides is 1. The largest absolute Gasteiger partial charge is 0.366 e. The van der Waals surface area contributed by atoms with Crippen LogP contribution in [0.5, 0.6) is 0 Å². The number of hydrogen-bond acceptors (Lipinski definition) is 2. The molecule has 1 unspecified atom stereocenters. The molecule has 3 fully saturated rings. The number of rotatable bonds is 3. The van der Waals surface area contributed by atoms with Crippen LogP contribution < -0.4 is 5.73 Å². The van der Waals surface area contributed by atoms with Gasteiger partial charge in [-0.05, 0) is 60.7 Å². The number of primary amides is 1. The third kappa shape index (κ3) is 2.66. The highest BCUT2D eigenvalue weighted by atomic mass is 16.1. The Morgan fingerprint density at radius 2 is 1.78 bits per heavy atom. The normalized spacial score (nSPS) is 26.2. The molecule has 0 aliphatic carbocycles. The first-order chi connectivity index (χ1) is 11.2. The number of fused-ring (bicyclic) bond motifs is 3. The van der Waals surface area contributed by atoms with Gasteiger partial charge >= 0.3 is 0 Å². The highest BCUT2D eigenvalue weighted by Gasteiger charge is 2.36. The summed E-state index contributed by atoms with van der Waals surface area (Å²) in [6.45, 7) is 3.54. The van der Waals surface area contributed by atoms with Crippen LogP contribution in [0, 0.1) is 5.92 Å². The Hall–Kier alpha value is -2.13. The van der Waals surface area contributed by atoms with Crippen molar-refractivity contribution >= 4 is 5.91 Å². The van der Waals surface area contributed by atoms with E-state index in [4.69, 9.17) is 5.73 Å². The minimum absolute atomic E-state index is 0.341. The molecule has 0 radical (unpaired) electrons. The lowest BCUT2D eigenvalue weighted by atomic mass is 9.73. The van der Waals surface area contributed by atoms with Crippen LogP contribution in [0.2, 0.25) is 0 Å². The molecule has 3 heterocycles. The van der Waals surface area contributed by atoms with E-state index in [0.717, 1.165) is 12.5 Å². The Bertz CT molecular complexity index is 718. The molecule has 0 saturated carbocycles. The van der Waals surface area contributed by atoms with Crippen LogP contribution in [0.25, 0.3) is 11.1 Å². The van der Waals surface area contributed by atoms with Gasteiger partial charge in [0.25, 0.3) is 0 Å². The molecule has 118 valence electrons. The molecule has 23 heavy (non-hydrogen) atoms. The fourth-order valence-corrected chi connectivity index (χ4v) is 4.22. The zero-order valence-electron chi connectivity index (χ0n) is 13.2. The minimum Gasteiger partial charge on any atom is -0.366 e. The number of carbonyl (C=O) groups excluding carboxylic acids is 1. The molecule has 5 rings (SSSR count). The number of benzene rings is 2. The third-order valence-electron chi connectivity index (χ3n) is 5.48. The summed E-state index contributed by atoms with van der Waals surface area (Å²) in [4.78, 5) is 14.2. The monoisotopic (exact) mass is 306 g/mol. The maximum atomic E-state index is 11.7. The van der Waals surface area contributed by atoms with Crippen LogP contribution in [0.1, 0.15) is 34.7 Å². The summed E-state index contributed by atoms with van der Waals surface area (Å²) in [5.74, 6) is 0.893. The van der Waals surface area contributed by atoms with E-state index in [9.17, 15) is 4.79 Å². The first-order valence-corrected chi connectivity index (χ1v) is 8.44. The summed E-state index contributed by atoms with van der Waals surface area (Å²) in [5.41, 5.74) is 9.90. The lowest BCUT2D eigenvalue weighted by Crippen LogP contribution is -2.46. The van der Waals surface area contributed by atoms with Gasteiger partial charge in [-0.1, -0.05) is 36.4 Å². The van der Waals surface area contributed by atoms with Crippen LogP contribution >= 0.6 is 0 Å². The Labute approximate surface area is 137 Å². The first-order valence-electron chi connectivity index (χ1n) is 8.44. The van der Waals surface area contributed by atoms with E-state index in [-0.39, 0.29) is 5.91 Å². The smallest absolute Gasteiger partial charge is 0.248 e. The van der Waals surface area contributed by atoms with Gasteiger partial charge in [-0.25, -0.2) is 0 Å². The van der Waals surface area contributed by atoms with E-state index in [1.807, 2.05) is 18.2 Å². The van der Waals surface area contributed by atoms with Crippen molar-refractivity contribution < 1.29 is 4.79 Å². The lowest BCUT2D eigenvalue weighted by molar-refractivity contribution is 0.0871. The van der Waals surface area contributed by atoms with Gasteiger partial charge in [0.1, 0.15) is 0 Å². The summed E-state index contributed by atoms with van der Waals surface area (Å²) in [6.07, 6.45) is 2.53. The first kappa shape index (κ1) is 14.5. The molecule has 0 spiro atoms. The molecular weight excluding hydrogens is 284 g/mol. The number of piperidine rings is 3. The standard InChI is InChI=1S/C20H22N2O/c21-20(23)16-6-7-17(14-4-2-1-3-5-14)18(12-16)19-13-22-10-8-15(19)9-11-22/h1-7,12,15,19H,8-11,13H2,(H2,21,23). The van der Waals surface area contributed by atoms with Gasteiger partial charge in [0.2, 0.25) is 5.91 Å². The van der Waals surface area contributed by atoms with Crippen LogP contribution in [0.3, 0.4) is 0 Å². The highest BCUT2D eigenvalue weighted by Crippen LogP contribution is 2.42. The van der Waals surface area contributed by atoms with E-state index in [2.05, 4.69) is 35.2 Å². The van der Waals surface area contributed by atoms with E-state index in [1.165, 1.54) is 42.6 Å². The molecule has 2 aromatic rings. The maximum absolute atomic E-state index is 11.7. The molecule has 3 aliphatic heterocycles. The highest BCUT2D eigenvalue weighted by molar-refractivity contribution is 5.93. The summed E-state index contributed by atoms with van der Waals surface area (Å²) in [5, 5.41) is 0. The molecule has 2 N–H and O–H groups in total. The number of carbonyl (C=O) groups is 1. The van der Waals surface area contributed by atoms with Crippen LogP contribution in [0.4, 0.5) is 0 Å². The zero-order chi connectivity index (χ0) is 15.8. The minimum atomic E-state index is -0.341. The summed E-state index contributed by atoms with van der Waals surface area (Å²) < 4.78 is 0. The number of nitrogens with zero attached hydrogens (tertiary/aromatic N) is 1. The molecule has 1 amide bonds. The van der Waals surface area contributed by atoms with Crippen molar-refractivity contribution in [3.8, 4) is 11.1 Å². The number of nitrogens with two attached hydrogens (primary N) is 1. The Morgan fingerprint density at radius 3 is 2.39 bits per heavy atom. The van der Waals surface area contributed by atoms with Gasteiger partial charge in [-0.2, -0.15) is 0 Å². The number of hydrogen-bond donors (Lipinski definition) is 1. The summed E-state index contributed by atoms with van der Waals surface area (Å²) in [7, 11) is 0. The fourth-order valence-electron chi connectivity index (χ4n) is 4.22. The van der Waals surface area contributed by atoms with Crippen molar-refractivity contribution in [1.82, 2.24) is 4.90 Å². The van der Waals surface area contributed by atoms with Crippen molar-refractivity contribution in [1.29, 1.82) is 0 Å². The van der Waals surface area contributed by atoms with Crippen LogP contribution in [-0.4, -0.2) is 30.4 Å². The predicted octanol–water partition coefficient (Wildman–Crippen LogP) is 3.26. The third-order valence-corrected chi connectivity index (χ3v) is 5.48. The summed E-state index contributed by atoms with van der Waals surface area (Å²) >= 11 is 0. The Balaban J connectivity index is 1.82. The van der Waals surface area contributed by atoms with Gasteiger partial charge in [-0.15, -0.1) is 0 Å². The summed E-state index contributed by atoms with van der Waals surface area (Å²) in [6, 6.07) is 16.4. The van der Waals surface area contributed by atoms with Crippen molar-refractivity contribution in [2.24, 2.45) is 11.7 Å². The molecule has 3 heteroatoms. The van der Waals surface area contributed by atoms with Gasteiger partial charge < -0.3 is 10.6 Å². The quantitative estimate of drug-likeness (QED) is 0.946. The van der Waals surface area contributed by atoms with E-state index in [0.29, 0.717) is 11.5 Å². The average molecular weight is 306 g/mol. The van der Waals surface area contributed by atoms with Gasteiger partial charge in [0, 0.05) is 18.0 Å². The van der Waals surface area contributed by atoms with Gasteiger partial charge in [-0.3, -0.25) is 4.79 Å². The van der Waals surface area contributed by atoms with E-state index in [1.54, 1.807) is 0 Å². The molecular formula is C20H22N2O. The second-order valence-electron chi connectivity index (χ2n) is 6.78. The predicted molar refractivity (Wildman–Crippen MR) is 92.3 cm³/mol. The zero-order valence-corrected chi connectivity index (χ0v) is 13.2.